The molecule has 25 heavy (non-hydrogen) atoms. The van der Waals surface area contributed by atoms with Crippen LogP contribution < -0.4 is 10.9 Å². The molecule has 1 amide bonds. The number of aryl methyl sites for hydroxylation is 1. The van der Waals surface area contributed by atoms with Gasteiger partial charge in [-0.05, 0) is 37.1 Å². The van der Waals surface area contributed by atoms with Crippen molar-refractivity contribution in [3.63, 3.8) is 0 Å². The maximum Gasteiger partial charge on any atom is 0.261 e. The number of carbonyl (C=O) groups is 1. The summed E-state index contributed by atoms with van der Waals surface area (Å²) in [5.41, 5.74) is 1.42. The molecule has 3 aromatic rings. The summed E-state index contributed by atoms with van der Waals surface area (Å²) < 4.78 is 7.58. The second-order valence-corrected chi connectivity index (χ2v) is 7.07. The zero-order chi connectivity index (χ0) is 17.4. The van der Waals surface area contributed by atoms with Crippen LogP contribution in [0.1, 0.15) is 30.2 Å². The number of rotatable bonds is 3. The number of amides is 1. The molecular formula is C18H16BrN3O3. The molecule has 4 rings (SSSR count). The van der Waals surface area contributed by atoms with Gasteiger partial charge in [0.1, 0.15) is 12.3 Å². The van der Waals surface area contributed by atoms with E-state index in [4.69, 9.17) is 4.42 Å². The number of halogens is 1. The van der Waals surface area contributed by atoms with Crippen molar-refractivity contribution >= 4 is 32.7 Å². The summed E-state index contributed by atoms with van der Waals surface area (Å²) in [4.78, 5) is 29.3. The zero-order valence-electron chi connectivity index (χ0n) is 13.4. The lowest BCUT2D eigenvalue weighted by Crippen LogP contribution is -2.35. The maximum absolute atomic E-state index is 12.6. The lowest BCUT2D eigenvalue weighted by molar-refractivity contribution is -0.122. The quantitative estimate of drug-likeness (QED) is 0.731. The Hall–Kier alpha value is -2.41. The van der Waals surface area contributed by atoms with Crippen molar-refractivity contribution in [1.29, 1.82) is 0 Å². The first-order valence-corrected chi connectivity index (χ1v) is 8.91. The maximum atomic E-state index is 12.6. The standard InChI is InChI=1S/C18H16BrN3O3/c19-11-4-5-14-13(8-11)18(24)22(10-20-14)9-17(23)21-15-2-1-3-16-12(15)6-7-25-16/h4-8,10,15H,1-3,9H2,(H,21,23). The molecule has 2 heterocycles. The number of hydrogen-bond donors (Lipinski definition) is 1. The predicted octanol–water partition coefficient (Wildman–Crippen LogP) is 2.95. The van der Waals surface area contributed by atoms with E-state index in [2.05, 4.69) is 26.2 Å². The molecule has 1 atom stereocenters. The van der Waals surface area contributed by atoms with Gasteiger partial charge in [-0.25, -0.2) is 4.98 Å². The zero-order valence-corrected chi connectivity index (χ0v) is 15.0. The van der Waals surface area contributed by atoms with Gasteiger partial charge in [0.2, 0.25) is 5.91 Å². The van der Waals surface area contributed by atoms with Crippen LogP contribution in [0, 0.1) is 0 Å². The first-order valence-electron chi connectivity index (χ1n) is 8.12. The molecule has 128 valence electrons. The minimum atomic E-state index is -0.228. The van der Waals surface area contributed by atoms with Crippen LogP contribution in [0.2, 0.25) is 0 Å². The SMILES string of the molecule is O=C(Cn1cnc2ccc(Br)cc2c1=O)NC1CCCc2occc21. The molecule has 1 N–H and O–H groups in total. The number of carbonyl (C=O) groups excluding carboxylic acids is 1. The summed E-state index contributed by atoms with van der Waals surface area (Å²) in [7, 11) is 0. The molecule has 0 saturated heterocycles. The van der Waals surface area contributed by atoms with Gasteiger partial charge in [0.15, 0.2) is 0 Å². The monoisotopic (exact) mass is 401 g/mol. The highest BCUT2D eigenvalue weighted by molar-refractivity contribution is 9.10. The highest BCUT2D eigenvalue weighted by Crippen LogP contribution is 2.30. The van der Waals surface area contributed by atoms with E-state index in [1.54, 1.807) is 18.4 Å². The van der Waals surface area contributed by atoms with Crippen LogP contribution in [-0.4, -0.2) is 15.5 Å². The van der Waals surface area contributed by atoms with Crippen molar-refractivity contribution in [2.45, 2.75) is 31.8 Å². The van der Waals surface area contributed by atoms with Crippen LogP contribution in [0.25, 0.3) is 10.9 Å². The molecule has 0 radical (unpaired) electrons. The minimum Gasteiger partial charge on any atom is -0.469 e. The number of benzene rings is 1. The number of nitrogens with zero attached hydrogens (tertiary/aromatic N) is 2. The summed E-state index contributed by atoms with van der Waals surface area (Å²) in [5.74, 6) is 0.725. The van der Waals surface area contributed by atoms with Crippen molar-refractivity contribution in [2.75, 3.05) is 0 Å². The highest BCUT2D eigenvalue weighted by atomic mass is 79.9. The van der Waals surface area contributed by atoms with E-state index in [0.717, 1.165) is 35.1 Å². The first-order chi connectivity index (χ1) is 12.1. The molecule has 1 aromatic carbocycles. The van der Waals surface area contributed by atoms with Crippen LogP contribution >= 0.6 is 15.9 Å². The summed E-state index contributed by atoms with van der Waals surface area (Å²) >= 11 is 3.36. The summed E-state index contributed by atoms with van der Waals surface area (Å²) in [6, 6.07) is 7.16. The average Bonchev–Trinajstić information content (AvgIpc) is 3.08. The fourth-order valence-corrected chi connectivity index (χ4v) is 3.64. The van der Waals surface area contributed by atoms with Crippen LogP contribution in [0.5, 0.6) is 0 Å². The molecule has 1 aliphatic carbocycles. The van der Waals surface area contributed by atoms with Crippen LogP contribution in [-0.2, 0) is 17.8 Å². The van der Waals surface area contributed by atoms with E-state index in [1.165, 1.54) is 10.9 Å². The summed E-state index contributed by atoms with van der Waals surface area (Å²) in [6.45, 7) is -0.0576. The van der Waals surface area contributed by atoms with Gasteiger partial charge in [-0.2, -0.15) is 0 Å². The van der Waals surface area contributed by atoms with Gasteiger partial charge in [0, 0.05) is 16.5 Å². The Morgan fingerprint density at radius 3 is 3.16 bits per heavy atom. The molecule has 0 saturated carbocycles. The third-order valence-electron chi connectivity index (χ3n) is 4.49. The number of furan rings is 1. The largest absolute Gasteiger partial charge is 0.469 e. The predicted molar refractivity (Wildman–Crippen MR) is 96.2 cm³/mol. The fraction of sp³-hybridized carbons (Fsp3) is 0.278. The molecule has 1 aliphatic rings. The summed E-state index contributed by atoms with van der Waals surface area (Å²) in [6.07, 6.45) is 5.82. The number of hydrogen-bond acceptors (Lipinski definition) is 4. The van der Waals surface area contributed by atoms with Gasteiger partial charge in [0.05, 0.1) is 29.5 Å². The molecule has 0 spiro atoms. The lowest BCUT2D eigenvalue weighted by atomic mass is 9.93. The third-order valence-corrected chi connectivity index (χ3v) is 4.98. The molecule has 2 aromatic heterocycles. The van der Waals surface area contributed by atoms with E-state index in [0.29, 0.717) is 10.9 Å². The first kappa shape index (κ1) is 16.1. The van der Waals surface area contributed by atoms with Gasteiger partial charge in [-0.15, -0.1) is 0 Å². The van der Waals surface area contributed by atoms with Gasteiger partial charge in [-0.1, -0.05) is 15.9 Å². The van der Waals surface area contributed by atoms with Crippen molar-refractivity contribution in [1.82, 2.24) is 14.9 Å². The van der Waals surface area contributed by atoms with Gasteiger partial charge < -0.3 is 9.73 Å². The van der Waals surface area contributed by atoms with Gasteiger partial charge in [0.25, 0.3) is 5.56 Å². The molecule has 7 heteroatoms. The second-order valence-electron chi connectivity index (χ2n) is 6.15. The molecular weight excluding hydrogens is 386 g/mol. The smallest absolute Gasteiger partial charge is 0.261 e. The second kappa shape index (κ2) is 6.48. The third kappa shape index (κ3) is 3.11. The van der Waals surface area contributed by atoms with Gasteiger partial charge >= 0.3 is 0 Å². The molecule has 0 bridgehead atoms. The fourth-order valence-electron chi connectivity index (χ4n) is 3.27. The Labute approximate surface area is 152 Å². The molecule has 6 nitrogen and oxygen atoms in total. The average molecular weight is 402 g/mol. The Bertz CT molecular complexity index is 1010. The van der Waals surface area contributed by atoms with Crippen LogP contribution in [0.4, 0.5) is 0 Å². The number of nitrogens with one attached hydrogen (secondary N) is 1. The van der Waals surface area contributed by atoms with E-state index in [1.807, 2.05) is 12.1 Å². The number of aromatic nitrogens is 2. The molecule has 0 aliphatic heterocycles. The topological polar surface area (TPSA) is 77.1 Å². The Morgan fingerprint density at radius 2 is 2.28 bits per heavy atom. The Kier molecular flexibility index (Phi) is 4.17. The minimum absolute atomic E-state index is 0.0576. The van der Waals surface area contributed by atoms with Crippen LogP contribution in [0.15, 0.2) is 50.5 Å². The van der Waals surface area contributed by atoms with E-state index in [-0.39, 0.29) is 24.1 Å². The van der Waals surface area contributed by atoms with E-state index < -0.39 is 0 Å². The van der Waals surface area contributed by atoms with Crippen molar-refractivity contribution in [2.24, 2.45) is 0 Å². The molecule has 1 unspecified atom stereocenters. The molecule has 0 fully saturated rings. The number of fused-ring (bicyclic) bond motifs is 2. The van der Waals surface area contributed by atoms with Crippen molar-refractivity contribution < 1.29 is 9.21 Å². The van der Waals surface area contributed by atoms with E-state index in [9.17, 15) is 9.59 Å². The van der Waals surface area contributed by atoms with E-state index >= 15 is 0 Å². The van der Waals surface area contributed by atoms with Crippen LogP contribution in [0.3, 0.4) is 0 Å². The Morgan fingerprint density at radius 1 is 1.40 bits per heavy atom. The Balaban J connectivity index is 1.55. The highest BCUT2D eigenvalue weighted by Gasteiger charge is 2.24. The summed E-state index contributed by atoms with van der Waals surface area (Å²) in [5, 5.41) is 3.49. The van der Waals surface area contributed by atoms with Crippen molar-refractivity contribution in [3.05, 3.63) is 63.0 Å². The normalized spacial score (nSPS) is 16.6. The van der Waals surface area contributed by atoms with Crippen molar-refractivity contribution in [3.8, 4) is 0 Å². The van der Waals surface area contributed by atoms with Gasteiger partial charge in [-0.3, -0.25) is 14.2 Å². The lowest BCUT2D eigenvalue weighted by Gasteiger charge is -2.22.